The molecule has 2 aromatic carbocycles. The first-order valence-electron chi connectivity index (χ1n) is 7.04. The summed E-state index contributed by atoms with van der Waals surface area (Å²) in [5.41, 5.74) is 3.85. The van der Waals surface area contributed by atoms with E-state index in [4.69, 9.17) is 4.74 Å². The smallest absolute Gasteiger partial charge is 0.123 e. The summed E-state index contributed by atoms with van der Waals surface area (Å²) in [4.78, 5) is 0. The molecule has 0 saturated carbocycles. The van der Waals surface area contributed by atoms with Gasteiger partial charge >= 0.3 is 0 Å². The molecule has 0 aromatic heterocycles. The molecule has 0 amide bonds. The Labute approximate surface area is 127 Å². The molecule has 1 nitrogen and oxygen atoms in total. The van der Waals surface area contributed by atoms with Crippen LogP contribution >= 0.6 is 15.9 Å². The summed E-state index contributed by atoms with van der Waals surface area (Å²) in [6.07, 6.45) is 7.20. The third-order valence-corrected chi connectivity index (χ3v) is 4.72. The Bertz CT molecular complexity index is 672. The largest absolute Gasteiger partial charge is 0.489 e. The Morgan fingerprint density at radius 3 is 2.65 bits per heavy atom. The molecular weight excluding hydrogens is 312 g/mol. The highest BCUT2D eigenvalue weighted by Gasteiger charge is 2.33. The predicted molar refractivity (Wildman–Crippen MR) is 85.1 cm³/mol. The lowest BCUT2D eigenvalue weighted by Crippen LogP contribution is -2.19. The normalized spacial score (nSPS) is 23.1. The molecule has 2 unspecified atom stereocenters. The lowest BCUT2D eigenvalue weighted by molar-refractivity contribution is 0.204. The van der Waals surface area contributed by atoms with Crippen LogP contribution in [0, 0.1) is 0 Å². The summed E-state index contributed by atoms with van der Waals surface area (Å²) in [6, 6.07) is 15.0. The molecule has 20 heavy (non-hydrogen) atoms. The van der Waals surface area contributed by atoms with E-state index in [1.54, 1.807) is 0 Å². The van der Waals surface area contributed by atoms with Crippen LogP contribution in [0.2, 0.25) is 0 Å². The van der Waals surface area contributed by atoms with E-state index < -0.39 is 0 Å². The van der Waals surface area contributed by atoms with Crippen molar-refractivity contribution in [3.63, 3.8) is 0 Å². The number of ether oxygens (including phenoxy) is 1. The SMILES string of the molecule is Brc1ccc(-c2ccc3c(c2)C2C=CCCC2O3)cc1. The van der Waals surface area contributed by atoms with Crippen molar-refractivity contribution in [2.75, 3.05) is 0 Å². The maximum atomic E-state index is 6.06. The number of rotatable bonds is 1. The molecule has 0 N–H and O–H groups in total. The summed E-state index contributed by atoms with van der Waals surface area (Å²) in [6.45, 7) is 0. The lowest BCUT2D eigenvalue weighted by Gasteiger charge is -2.18. The number of hydrogen-bond donors (Lipinski definition) is 0. The Hall–Kier alpha value is -1.54. The minimum Gasteiger partial charge on any atom is -0.489 e. The van der Waals surface area contributed by atoms with Gasteiger partial charge in [-0.15, -0.1) is 0 Å². The van der Waals surface area contributed by atoms with Crippen LogP contribution < -0.4 is 4.74 Å². The van der Waals surface area contributed by atoms with Crippen molar-refractivity contribution in [2.45, 2.75) is 24.9 Å². The van der Waals surface area contributed by atoms with Crippen molar-refractivity contribution >= 4 is 15.9 Å². The summed E-state index contributed by atoms with van der Waals surface area (Å²) >= 11 is 3.48. The summed E-state index contributed by atoms with van der Waals surface area (Å²) < 4.78 is 7.17. The number of fused-ring (bicyclic) bond motifs is 3. The van der Waals surface area contributed by atoms with Crippen LogP contribution in [0.1, 0.15) is 24.3 Å². The summed E-state index contributed by atoms with van der Waals surface area (Å²) in [7, 11) is 0. The number of benzene rings is 2. The van der Waals surface area contributed by atoms with Crippen molar-refractivity contribution in [1.82, 2.24) is 0 Å². The fourth-order valence-corrected chi connectivity index (χ4v) is 3.41. The molecule has 2 heteroatoms. The Kier molecular flexibility index (Phi) is 2.92. The van der Waals surface area contributed by atoms with E-state index in [2.05, 4.69) is 70.5 Å². The molecule has 2 aliphatic rings. The van der Waals surface area contributed by atoms with Gasteiger partial charge in [0.25, 0.3) is 0 Å². The van der Waals surface area contributed by atoms with Crippen LogP contribution in [-0.4, -0.2) is 6.10 Å². The molecule has 1 aliphatic carbocycles. The maximum Gasteiger partial charge on any atom is 0.123 e. The van der Waals surface area contributed by atoms with Crippen molar-refractivity contribution in [2.24, 2.45) is 0 Å². The molecule has 4 rings (SSSR count). The van der Waals surface area contributed by atoms with E-state index in [9.17, 15) is 0 Å². The lowest BCUT2D eigenvalue weighted by atomic mass is 9.87. The molecule has 2 aromatic rings. The molecule has 100 valence electrons. The standard InChI is InChI=1S/C18H15BrO/c19-14-8-5-12(6-9-14)13-7-10-18-16(11-13)15-3-1-2-4-17(15)20-18/h1,3,5-11,15,17H,2,4H2. The molecule has 0 bridgehead atoms. The molecular formula is C18H15BrO. The molecule has 0 radical (unpaired) electrons. The minimum atomic E-state index is 0.343. The Morgan fingerprint density at radius 2 is 1.80 bits per heavy atom. The van der Waals surface area contributed by atoms with E-state index in [1.807, 2.05) is 0 Å². The van der Waals surface area contributed by atoms with Gasteiger partial charge in [-0.2, -0.15) is 0 Å². The highest BCUT2D eigenvalue weighted by atomic mass is 79.9. The van der Waals surface area contributed by atoms with E-state index in [1.165, 1.54) is 16.7 Å². The van der Waals surface area contributed by atoms with Crippen molar-refractivity contribution in [3.05, 3.63) is 64.7 Å². The van der Waals surface area contributed by atoms with E-state index >= 15 is 0 Å². The van der Waals surface area contributed by atoms with Gasteiger partial charge in [0.2, 0.25) is 0 Å². The van der Waals surface area contributed by atoms with Gasteiger partial charge in [-0.25, -0.2) is 0 Å². The zero-order chi connectivity index (χ0) is 13.5. The topological polar surface area (TPSA) is 9.23 Å². The van der Waals surface area contributed by atoms with E-state index in [0.29, 0.717) is 12.0 Å². The minimum absolute atomic E-state index is 0.343. The van der Waals surface area contributed by atoms with E-state index in [-0.39, 0.29) is 0 Å². The molecule has 0 fully saturated rings. The number of hydrogen-bond acceptors (Lipinski definition) is 1. The Balaban J connectivity index is 1.76. The van der Waals surface area contributed by atoms with Crippen molar-refractivity contribution in [3.8, 4) is 16.9 Å². The third kappa shape index (κ3) is 1.99. The van der Waals surface area contributed by atoms with Crippen LogP contribution in [0.4, 0.5) is 0 Å². The van der Waals surface area contributed by atoms with Gasteiger partial charge in [0.1, 0.15) is 11.9 Å². The van der Waals surface area contributed by atoms with Gasteiger partial charge in [0, 0.05) is 16.0 Å². The predicted octanol–water partition coefficient (Wildman–Crippen LogP) is 5.31. The van der Waals surface area contributed by atoms with Gasteiger partial charge in [-0.3, -0.25) is 0 Å². The quantitative estimate of drug-likeness (QED) is 0.645. The van der Waals surface area contributed by atoms with Gasteiger partial charge in [0.15, 0.2) is 0 Å². The van der Waals surface area contributed by atoms with Gasteiger partial charge in [-0.05, 0) is 48.2 Å². The molecule has 1 aliphatic heterocycles. The average molecular weight is 327 g/mol. The fourth-order valence-electron chi connectivity index (χ4n) is 3.14. The van der Waals surface area contributed by atoms with Crippen molar-refractivity contribution in [1.29, 1.82) is 0 Å². The second-order valence-corrected chi connectivity index (χ2v) is 6.36. The van der Waals surface area contributed by atoms with Gasteiger partial charge < -0.3 is 4.74 Å². The van der Waals surface area contributed by atoms with Crippen LogP contribution in [0.3, 0.4) is 0 Å². The zero-order valence-electron chi connectivity index (χ0n) is 11.1. The molecule has 1 heterocycles. The van der Waals surface area contributed by atoms with Gasteiger partial charge in [-0.1, -0.05) is 46.3 Å². The van der Waals surface area contributed by atoms with Gasteiger partial charge in [0.05, 0.1) is 0 Å². The number of halogens is 1. The van der Waals surface area contributed by atoms with Crippen LogP contribution in [0.5, 0.6) is 5.75 Å². The highest BCUT2D eigenvalue weighted by molar-refractivity contribution is 9.10. The summed E-state index contributed by atoms with van der Waals surface area (Å²) in [5, 5.41) is 0. The first-order chi connectivity index (χ1) is 9.81. The monoisotopic (exact) mass is 326 g/mol. The second kappa shape index (κ2) is 4.78. The van der Waals surface area contributed by atoms with E-state index in [0.717, 1.165) is 23.1 Å². The molecule has 2 atom stereocenters. The second-order valence-electron chi connectivity index (χ2n) is 5.45. The fraction of sp³-hybridized carbons (Fsp3) is 0.222. The van der Waals surface area contributed by atoms with Crippen LogP contribution in [0.25, 0.3) is 11.1 Å². The Morgan fingerprint density at radius 1 is 1.00 bits per heavy atom. The van der Waals surface area contributed by atoms with Crippen LogP contribution in [-0.2, 0) is 0 Å². The van der Waals surface area contributed by atoms with Crippen molar-refractivity contribution < 1.29 is 4.74 Å². The third-order valence-electron chi connectivity index (χ3n) is 4.19. The maximum absolute atomic E-state index is 6.06. The molecule has 0 saturated heterocycles. The molecule has 0 spiro atoms. The van der Waals surface area contributed by atoms with Crippen LogP contribution in [0.15, 0.2) is 59.1 Å². The zero-order valence-corrected chi connectivity index (χ0v) is 12.6. The first kappa shape index (κ1) is 12.2. The summed E-state index contributed by atoms with van der Waals surface area (Å²) in [5.74, 6) is 1.50. The highest BCUT2D eigenvalue weighted by Crippen LogP contribution is 2.44. The average Bonchev–Trinajstić information content (AvgIpc) is 2.86. The first-order valence-corrected chi connectivity index (χ1v) is 7.84. The number of allylic oxidation sites excluding steroid dienone is 1.